The highest BCUT2D eigenvalue weighted by Gasteiger charge is 2.42. The van der Waals surface area contributed by atoms with Gasteiger partial charge in [0, 0.05) is 55.8 Å². The molecule has 1 unspecified atom stereocenters. The fourth-order valence-electron chi connectivity index (χ4n) is 4.33. The molecule has 2 aliphatic heterocycles. The first-order chi connectivity index (χ1) is 12.8. The molecule has 1 atom stereocenters. The second-order valence-electron chi connectivity index (χ2n) is 8.40. The number of piperidine rings is 2. The number of carbonyl (C=O) groups is 2. The molecule has 27 heavy (non-hydrogen) atoms. The Bertz CT molecular complexity index is 753. The number of likely N-dealkylation sites (N-methyl/N-ethyl adjacent to an activating group) is 1. The van der Waals surface area contributed by atoms with Crippen LogP contribution in [0.5, 0.6) is 0 Å². The molecule has 1 spiro atoms. The average molecular weight is 377 g/mol. The summed E-state index contributed by atoms with van der Waals surface area (Å²) < 4.78 is 0. The molecule has 2 amide bonds. The summed E-state index contributed by atoms with van der Waals surface area (Å²) in [7, 11) is 4.02. The summed E-state index contributed by atoms with van der Waals surface area (Å²) in [6, 6.07) is 0. The maximum absolute atomic E-state index is 12.8. The Morgan fingerprint density at radius 3 is 2.63 bits per heavy atom. The van der Waals surface area contributed by atoms with Gasteiger partial charge in [-0.2, -0.15) is 0 Å². The number of nitrogens with zero attached hydrogens (tertiary/aromatic N) is 3. The van der Waals surface area contributed by atoms with E-state index in [0.717, 1.165) is 51.1 Å². The van der Waals surface area contributed by atoms with Gasteiger partial charge >= 0.3 is 0 Å². The number of H-pyrrole nitrogens is 2. The minimum Gasteiger partial charge on any atom is -0.342 e. The van der Waals surface area contributed by atoms with E-state index >= 15 is 0 Å². The van der Waals surface area contributed by atoms with E-state index in [0.29, 0.717) is 18.5 Å². The van der Waals surface area contributed by atoms with Crippen molar-refractivity contribution in [2.24, 2.45) is 5.41 Å². The molecule has 2 N–H and O–H groups in total. The lowest BCUT2D eigenvalue weighted by molar-refractivity contribution is -0.142. The van der Waals surface area contributed by atoms with Gasteiger partial charge in [0.1, 0.15) is 0 Å². The first kappa shape index (κ1) is 19.7. The zero-order valence-corrected chi connectivity index (χ0v) is 16.6. The van der Waals surface area contributed by atoms with Gasteiger partial charge in [0.25, 0.3) is 5.56 Å². The number of amides is 2. The van der Waals surface area contributed by atoms with Crippen LogP contribution < -0.4 is 5.56 Å². The highest BCUT2D eigenvalue weighted by Crippen LogP contribution is 2.39. The molecule has 0 aromatic carbocycles. The van der Waals surface area contributed by atoms with Gasteiger partial charge in [0.2, 0.25) is 11.8 Å². The van der Waals surface area contributed by atoms with Crippen LogP contribution in [0, 0.1) is 12.3 Å². The number of hydrogen-bond acceptors (Lipinski definition) is 4. The number of likely N-dealkylation sites (tertiary alicyclic amines) is 2. The van der Waals surface area contributed by atoms with E-state index in [9.17, 15) is 14.4 Å². The van der Waals surface area contributed by atoms with Crippen LogP contribution >= 0.6 is 0 Å². The Morgan fingerprint density at radius 2 is 1.96 bits per heavy atom. The van der Waals surface area contributed by atoms with Gasteiger partial charge in [-0.3, -0.25) is 19.5 Å². The summed E-state index contributed by atoms with van der Waals surface area (Å²) in [5.41, 5.74) is 1.02. The Kier molecular flexibility index (Phi) is 5.74. The lowest BCUT2D eigenvalue weighted by Crippen LogP contribution is -2.56. The highest BCUT2D eigenvalue weighted by molar-refractivity contribution is 5.79. The van der Waals surface area contributed by atoms with Gasteiger partial charge in [0.15, 0.2) is 0 Å². The molecule has 2 saturated heterocycles. The minimum atomic E-state index is -0.217. The lowest BCUT2D eigenvalue weighted by atomic mass is 9.73. The van der Waals surface area contributed by atoms with Gasteiger partial charge in [0.05, 0.1) is 6.42 Å². The van der Waals surface area contributed by atoms with Crippen molar-refractivity contribution in [3.63, 3.8) is 0 Å². The minimum absolute atomic E-state index is 0.000911. The summed E-state index contributed by atoms with van der Waals surface area (Å²) in [5, 5.41) is 5.32. The first-order valence-electron chi connectivity index (χ1n) is 9.76. The Labute approximate surface area is 159 Å². The average Bonchev–Trinajstić information content (AvgIpc) is 2.95. The van der Waals surface area contributed by atoms with E-state index in [-0.39, 0.29) is 29.2 Å². The third-order valence-corrected chi connectivity index (χ3v) is 6.00. The fourth-order valence-corrected chi connectivity index (χ4v) is 4.33. The second kappa shape index (κ2) is 7.88. The fraction of sp³-hybridized carbons (Fsp3) is 0.737. The van der Waals surface area contributed by atoms with Gasteiger partial charge in [-0.15, -0.1) is 0 Å². The maximum Gasteiger partial charge on any atom is 0.267 e. The van der Waals surface area contributed by atoms with Crippen LogP contribution in [0.1, 0.15) is 36.9 Å². The normalized spacial score (nSPS) is 23.5. The molecule has 8 heteroatoms. The van der Waals surface area contributed by atoms with Crippen molar-refractivity contribution < 1.29 is 9.59 Å². The van der Waals surface area contributed by atoms with Gasteiger partial charge < -0.3 is 19.8 Å². The molecule has 0 radical (unpaired) electrons. The van der Waals surface area contributed by atoms with E-state index in [1.165, 1.54) is 0 Å². The predicted octanol–water partition coefficient (Wildman–Crippen LogP) is 0.347. The van der Waals surface area contributed by atoms with Crippen LogP contribution in [0.15, 0.2) is 4.79 Å². The summed E-state index contributed by atoms with van der Waals surface area (Å²) in [6.07, 6.45) is 3.53. The third kappa shape index (κ3) is 4.43. The summed E-state index contributed by atoms with van der Waals surface area (Å²) in [4.78, 5) is 43.0. The van der Waals surface area contributed by atoms with Crippen LogP contribution in [0.3, 0.4) is 0 Å². The Balaban J connectivity index is 1.66. The van der Waals surface area contributed by atoms with Gasteiger partial charge in [-0.1, -0.05) is 0 Å². The van der Waals surface area contributed by atoms with Crippen molar-refractivity contribution in [2.75, 3.05) is 46.8 Å². The molecule has 1 aromatic heterocycles. The zero-order valence-electron chi connectivity index (χ0n) is 16.6. The molecule has 2 fully saturated rings. The molecule has 1 aromatic rings. The molecule has 0 bridgehead atoms. The third-order valence-electron chi connectivity index (χ3n) is 6.00. The number of rotatable bonds is 5. The predicted molar refractivity (Wildman–Crippen MR) is 102 cm³/mol. The van der Waals surface area contributed by atoms with Crippen LogP contribution in [-0.2, 0) is 16.0 Å². The molecular weight excluding hydrogens is 346 g/mol. The number of aryl methyl sites for hydroxylation is 1. The van der Waals surface area contributed by atoms with Crippen LogP contribution in [0.4, 0.5) is 0 Å². The van der Waals surface area contributed by atoms with Crippen molar-refractivity contribution in [2.45, 2.75) is 39.0 Å². The van der Waals surface area contributed by atoms with Crippen molar-refractivity contribution in [1.82, 2.24) is 24.9 Å². The van der Waals surface area contributed by atoms with E-state index < -0.39 is 0 Å². The van der Waals surface area contributed by atoms with E-state index in [1.54, 1.807) is 6.92 Å². The van der Waals surface area contributed by atoms with Crippen molar-refractivity contribution >= 4 is 11.8 Å². The molecular formula is C19H31N5O3. The van der Waals surface area contributed by atoms with E-state index in [2.05, 4.69) is 15.1 Å². The van der Waals surface area contributed by atoms with Crippen LogP contribution in [0.25, 0.3) is 0 Å². The Hall–Kier alpha value is -2.09. The molecule has 150 valence electrons. The summed E-state index contributed by atoms with van der Waals surface area (Å²) in [6.45, 7) is 5.52. The molecule has 3 rings (SSSR count). The van der Waals surface area contributed by atoms with Crippen LogP contribution in [-0.4, -0.2) is 83.5 Å². The maximum atomic E-state index is 12.8. The first-order valence-corrected chi connectivity index (χ1v) is 9.76. The molecule has 2 aliphatic rings. The molecule has 0 aliphatic carbocycles. The zero-order chi connectivity index (χ0) is 19.6. The number of aromatic amines is 2. The Morgan fingerprint density at radius 1 is 1.19 bits per heavy atom. The second-order valence-corrected chi connectivity index (χ2v) is 8.40. The standard InChI is InChI=1S/C19H31N5O3/c1-14-15(18(27)21-20-14)11-17(26)23-8-4-6-19(12-23)7-5-16(25)24(13-19)10-9-22(2)3/h4-13H2,1-3H3,(H2,20,21,27). The van der Waals surface area contributed by atoms with Gasteiger partial charge in [-0.05, 0) is 40.3 Å². The molecule has 3 heterocycles. The van der Waals surface area contributed by atoms with E-state index in [1.807, 2.05) is 23.9 Å². The lowest BCUT2D eigenvalue weighted by Gasteiger charge is -2.48. The number of nitrogens with one attached hydrogen (secondary N) is 2. The largest absolute Gasteiger partial charge is 0.342 e. The summed E-state index contributed by atoms with van der Waals surface area (Å²) >= 11 is 0. The SMILES string of the molecule is Cc1[nH][nH]c(=O)c1CC(=O)N1CCCC2(CCC(=O)N(CCN(C)C)C2)C1. The smallest absolute Gasteiger partial charge is 0.267 e. The molecule has 0 saturated carbocycles. The topological polar surface area (TPSA) is 92.5 Å². The summed E-state index contributed by atoms with van der Waals surface area (Å²) in [5.74, 6) is 0.222. The quantitative estimate of drug-likeness (QED) is 0.774. The van der Waals surface area contributed by atoms with Crippen molar-refractivity contribution in [3.05, 3.63) is 21.6 Å². The number of hydrogen-bond donors (Lipinski definition) is 2. The monoisotopic (exact) mass is 377 g/mol. The number of aromatic nitrogens is 2. The van der Waals surface area contributed by atoms with E-state index in [4.69, 9.17) is 0 Å². The van der Waals surface area contributed by atoms with Gasteiger partial charge in [-0.25, -0.2) is 0 Å². The number of carbonyl (C=O) groups excluding carboxylic acids is 2. The highest BCUT2D eigenvalue weighted by atomic mass is 16.2. The van der Waals surface area contributed by atoms with Crippen molar-refractivity contribution in [3.8, 4) is 0 Å². The molecule has 8 nitrogen and oxygen atoms in total. The van der Waals surface area contributed by atoms with Crippen LogP contribution in [0.2, 0.25) is 0 Å². The van der Waals surface area contributed by atoms with Crippen molar-refractivity contribution in [1.29, 1.82) is 0 Å².